The van der Waals surface area contributed by atoms with Crippen molar-refractivity contribution in [3.05, 3.63) is 74.9 Å². The summed E-state index contributed by atoms with van der Waals surface area (Å²) in [6.07, 6.45) is 2.76. The van der Waals surface area contributed by atoms with E-state index in [1.54, 1.807) is 0 Å². The van der Waals surface area contributed by atoms with Gasteiger partial charge >= 0.3 is 0 Å². The minimum Gasteiger partial charge on any atom is -0.397 e. The maximum Gasteiger partial charge on any atom is 0.264 e. The molecule has 0 fully saturated rings. The third kappa shape index (κ3) is 4.22. The topological polar surface area (TPSA) is 110 Å². The molecule has 2 amide bonds. The van der Waals surface area contributed by atoms with Crippen LogP contribution in [-0.2, 0) is 6.42 Å². The highest BCUT2D eigenvalue weighted by atomic mass is 35.5. The molecule has 1 aromatic heterocycles. The van der Waals surface area contributed by atoms with Gasteiger partial charge in [-0.15, -0.1) is 11.3 Å². The predicted molar refractivity (Wildman–Crippen MR) is 122 cm³/mol. The maximum atomic E-state index is 13.4. The zero-order valence-electron chi connectivity index (χ0n) is 16.4. The van der Waals surface area contributed by atoms with Crippen LogP contribution in [0.25, 0.3) is 0 Å². The van der Waals surface area contributed by atoms with Gasteiger partial charge in [0.15, 0.2) is 0 Å². The summed E-state index contributed by atoms with van der Waals surface area (Å²) in [4.78, 5) is 25.3. The number of nitrogens with two attached hydrogens (primary N) is 2. The Kier molecular flexibility index (Phi) is 5.84. The molecule has 1 atom stereocenters. The number of benzene rings is 2. The van der Waals surface area contributed by atoms with Crippen molar-refractivity contribution in [3.63, 3.8) is 0 Å². The van der Waals surface area contributed by atoms with Crippen LogP contribution in [0.1, 0.15) is 50.0 Å². The zero-order chi connectivity index (χ0) is 22.1. The van der Waals surface area contributed by atoms with Crippen molar-refractivity contribution in [1.29, 1.82) is 0 Å². The van der Waals surface area contributed by atoms with E-state index in [1.165, 1.54) is 23.8 Å². The molecule has 4 rings (SSSR count). The van der Waals surface area contributed by atoms with Crippen LogP contribution < -0.4 is 22.1 Å². The van der Waals surface area contributed by atoms with E-state index in [-0.39, 0.29) is 33.1 Å². The van der Waals surface area contributed by atoms with Crippen molar-refractivity contribution in [1.82, 2.24) is 5.32 Å². The van der Waals surface area contributed by atoms with Crippen LogP contribution in [0.15, 0.2) is 42.5 Å². The zero-order valence-corrected chi connectivity index (χ0v) is 17.9. The van der Waals surface area contributed by atoms with Gasteiger partial charge in [-0.05, 0) is 48.6 Å². The number of amides is 2. The molecule has 0 aliphatic heterocycles. The van der Waals surface area contributed by atoms with Crippen molar-refractivity contribution in [2.75, 3.05) is 11.1 Å². The molecule has 160 valence electrons. The molecule has 0 spiro atoms. The van der Waals surface area contributed by atoms with Crippen LogP contribution in [0.2, 0.25) is 5.02 Å². The minimum atomic E-state index is -0.772. The van der Waals surface area contributed by atoms with Crippen molar-refractivity contribution < 1.29 is 14.0 Å². The first kappa shape index (κ1) is 21.1. The van der Waals surface area contributed by atoms with E-state index in [0.717, 1.165) is 36.2 Å². The Morgan fingerprint density at radius 2 is 1.97 bits per heavy atom. The molecule has 6 N–H and O–H groups in total. The van der Waals surface area contributed by atoms with Crippen LogP contribution in [0.5, 0.6) is 0 Å². The van der Waals surface area contributed by atoms with Crippen molar-refractivity contribution in [3.8, 4) is 0 Å². The predicted octanol–water partition coefficient (Wildman–Crippen LogP) is 4.77. The van der Waals surface area contributed by atoms with E-state index in [2.05, 4.69) is 16.7 Å². The number of nitrogens with one attached hydrogen (secondary N) is 2. The minimum absolute atomic E-state index is 0.00908. The highest BCUT2D eigenvalue weighted by Gasteiger charge is 2.27. The molecule has 0 radical (unpaired) electrons. The van der Waals surface area contributed by atoms with Gasteiger partial charge in [-0.1, -0.05) is 35.9 Å². The molecular formula is C22H20ClFN4O2S. The molecule has 2 aromatic carbocycles. The molecule has 9 heteroatoms. The Bertz CT molecular complexity index is 1180. The van der Waals surface area contributed by atoms with Gasteiger partial charge in [-0.3, -0.25) is 9.59 Å². The van der Waals surface area contributed by atoms with Gasteiger partial charge in [-0.25, -0.2) is 4.39 Å². The van der Waals surface area contributed by atoms with E-state index < -0.39 is 11.7 Å². The number of hydrogen-bond acceptors (Lipinski definition) is 5. The fourth-order valence-electron chi connectivity index (χ4n) is 3.78. The Balaban J connectivity index is 1.63. The van der Waals surface area contributed by atoms with Crippen LogP contribution in [0.4, 0.5) is 20.8 Å². The van der Waals surface area contributed by atoms with Crippen LogP contribution in [0, 0.1) is 5.82 Å². The highest BCUT2D eigenvalue weighted by molar-refractivity contribution is 7.19. The summed E-state index contributed by atoms with van der Waals surface area (Å²) in [6.45, 7) is 0. The number of nitrogen functional groups attached to an aromatic ring is 1. The van der Waals surface area contributed by atoms with Gasteiger partial charge in [0.1, 0.15) is 15.7 Å². The fraction of sp³-hybridized carbons (Fsp3) is 0.182. The van der Waals surface area contributed by atoms with Gasteiger partial charge < -0.3 is 22.1 Å². The number of fused-ring (bicyclic) bond motifs is 1. The van der Waals surface area contributed by atoms with Crippen molar-refractivity contribution >= 4 is 51.1 Å². The number of aryl methyl sites for hydroxylation is 1. The Morgan fingerprint density at radius 3 is 2.71 bits per heavy atom. The smallest absolute Gasteiger partial charge is 0.264 e. The second-order valence-electron chi connectivity index (χ2n) is 7.28. The Hall–Kier alpha value is -3.10. The molecular weight excluding hydrogens is 439 g/mol. The average Bonchev–Trinajstić information content (AvgIpc) is 3.07. The first-order valence-electron chi connectivity index (χ1n) is 9.68. The van der Waals surface area contributed by atoms with Crippen molar-refractivity contribution in [2.45, 2.75) is 25.3 Å². The van der Waals surface area contributed by atoms with E-state index >= 15 is 0 Å². The summed E-state index contributed by atoms with van der Waals surface area (Å²) in [6, 6.07) is 11.9. The molecule has 31 heavy (non-hydrogen) atoms. The number of carbonyl (C=O) groups is 2. The molecule has 1 heterocycles. The third-order valence-electron chi connectivity index (χ3n) is 5.25. The normalized spacial score (nSPS) is 15.2. The molecule has 6 nitrogen and oxygen atoms in total. The molecule has 3 aromatic rings. The summed E-state index contributed by atoms with van der Waals surface area (Å²) < 4.78 is 13.4. The van der Waals surface area contributed by atoms with Gasteiger partial charge in [0.05, 0.1) is 22.3 Å². The van der Waals surface area contributed by atoms with Gasteiger partial charge in [-0.2, -0.15) is 0 Å². The average molecular weight is 459 g/mol. The SMILES string of the molecule is NC(=O)c1c(Nc2ccc(F)c(Cl)c2)sc(C(=O)NC2CCCc3ccccc32)c1N. The molecule has 1 aliphatic carbocycles. The highest BCUT2D eigenvalue weighted by Crippen LogP contribution is 2.38. The van der Waals surface area contributed by atoms with Crippen LogP contribution in [0.3, 0.4) is 0 Å². The van der Waals surface area contributed by atoms with Crippen molar-refractivity contribution in [2.24, 2.45) is 5.73 Å². The first-order chi connectivity index (χ1) is 14.8. The summed E-state index contributed by atoms with van der Waals surface area (Å²) in [5.74, 6) is -1.72. The van der Waals surface area contributed by atoms with E-state index in [9.17, 15) is 14.0 Å². The number of anilines is 3. The van der Waals surface area contributed by atoms with Gasteiger partial charge in [0, 0.05) is 5.69 Å². The molecule has 0 saturated carbocycles. The Labute approximate surface area is 187 Å². The number of carbonyl (C=O) groups excluding carboxylic acids is 2. The van der Waals surface area contributed by atoms with Crippen LogP contribution in [-0.4, -0.2) is 11.8 Å². The lowest BCUT2D eigenvalue weighted by Crippen LogP contribution is -2.31. The quantitative estimate of drug-likeness (QED) is 0.441. The van der Waals surface area contributed by atoms with Gasteiger partial charge in [0.25, 0.3) is 11.8 Å². The monoisotopic (exact) mass is 458 g/mol. The largest absolute Gasteiger partial charge is 0.397 e. The lowest BCUT2D eigenvalue weighted by Gasteiger charge is -2.26. The van der Waals surface area contributed by atoms with E-state index in [1.807, 2.05) is 18.2 Å². The van der Waals surface area contributed by atoms with Crippen LogP contribution >= 0.6 is 22.9 Å². The van der Waals surface area contributed by atoms with E-state index in [0.29, 0.717) is 10.7 Å². The summed E-state index contributed by atoms with van der Waals surface area (Å²) in [7, 11) is 0. The number of rotatable bonds is 5. The lowest BCUT2D eigenvalue weighted by molar-refractivity contribution is 0.0937. The standard InChI is InChI=1S/C22H20ClFN4O2S/c23-14-10-12(8-9-15(14)24)27-22-17(20(26)29)18(25)19(31-22)21(30)28-16-7-3-5-11-4-1-2-6-13(11)16/h1-2,4,6,8-10,16,27H,3,5,7,25H2,(H2,26,29)(H,28,30). The number of hydrogen-bond donors (Lipinski definition) is 4. The number of halogens is 2. The molecule has 1 aliphatic rings. The third-order valence-corrected chi connectivity index (χ3v) is 6.66. The number of thiophene rings is 1. The summed E-state index contributed by atoms with van der Waals surface area (Å²) in [5.41, 5.74) is 14.4. The van der Waals surface area contributed by atoms with E-state index in [4.69, 9.17) is 23.1 Å². The number of primary amides is 1. The summed E-state index contributed by atoms with van der Waals surface area (Å²) in [5, 5.41) is 6.21. The Morgan fingerprint density at radius 1 is 1.19 bits per heavy atom. The second kappa shape index (κ2) is 8.56. The lowest BCUT2D eigenvalue weighted by atomic mass is 9.88. The van der Waals surface area contributed by atoms with Gasteiger partial charge in [0.2, 0.25) is 0 Å². The first-order valence-corrected chi connectivity index (χ1v) is 10.9. The molecule has 0 bridgehead atoms. The second-order valence-corrected chi connectivity index (χ2v) is 8.71. The molecule has 1 unspecified atom stereocenters. The summed E-state index contributed by atoms with van der Waals surface area (Å²) >= 11 is 6.84. The molecule has 0 saturated heterocycles. The maximum absolute atomic E-state index is 13.4. The fourth-order valence-corrected chi connectivity index (χ4v) is 5.01.